The second-order valence-corrected chi connectivity index (χ2v) is 7.91. The van der Waals surface area contributed by atoms with Gasteiger partial charge in [-0.1, -0.05) is 63.8 Å². The molecule has 1 aromatic carbocycles. The molecule has 1 N–H and O–H groups in total. The molecule has 3 rings (SSSR count). The summed E-state index contributed by atoms with van der Waals surface area (Å²) >= 11 is 1.50. The SMILES string of the molecule is CC(C)c1ccc(-c2csc(NC(=O)CCC3CCCC3)n2)cc1. The number of nitrogens with zero attached hydrogens (tertiary/aromatic N) is 1. The summed E-state index contributed by atoms with van der Waals surface area (Å²) in [6, 6.07) is 8.52. The number of anilines is 1. The van der Waals surface area contributed by atoms with Crippen LogP contribution in [0, 0.1) is 5.92 Å². The number of benzene rings is 1. The van der Waals surface area contributed by atoms with Crippen molar-refractivity contribution in [2.45, 2.75) is 58.3 Å². The molecule has 1 fully saturated rings. The summed E-state index contributed by atoms with van der Waals surface area (Å²) < 4.78 is 0. The molecule has 0 saturated heterocycles. The van der Waals surface area contributed by atoms with Gasteiger partial charge in [-0.2, -0.15) is 0 Å². The molecule has 2 aromatic rings. The summed E-state index contributed by atoms with van der Waals surface area (Å²) in [7, 11) is 0. The van der Waals surface area contributed by atoms with Crippen LogP contribution in [0.4, 0.5) is 5.13 Å². The Morgan fingerprint density at radius 2 is 1.96 bits per heavy atom. The van der Waals surface area contributed by atoms with Gasteiger partial charge >= 0.3 is 0 Å². The normalized spacial score (nSPS) is 15.1. The summed E-state index contributed by atoms with van der Waals surface area (Å²) in [6.45, 7) is 4.38. The Morgan fingerprint density at radius 1 is 1.25 bits per heavy atom. The molecule has 0 spiro atoms. The fourth-order valence-electron chi connectivity index (χ4n) is 3.32. The molecule has 3 nitrogen and oxygen atoms in total. The van der Waals surface area contributed by atoms with Crippen molar-refractivity contribution in [1.82, 2.24) is 4.98 Å². The second-order valence-electron chi connectivity index (χ2n) is 7.05. The standard InChI is InChI=1S/C20H26N2OS/c1-14(2)16-8-10-17(11-9-16)18-13-24-20(21-18)22-19(23)12-7-15-5-3-4-6-15/h8-11,13-15H,3-7,12H2,1-2H3,(H,21,22,23). The van der Waals surface area contributed by atoms with Crippen molar-refractivity contribution in [1.29, 1.82) is 0 Å². The van der Waals surface area contributed by atoms with E-state index in [9.17, 15) is 4.79 Å². The number of rotatable bonds is 6. The third-order valence-corrected chi connectivity index (χ3v) is 5.64. The topological polar surface area (TPSA) is 42.0 Å². The van der Waals surface area contributed by atoms with E-state index < -0.39 is 0 Å². The van der Waals surface area contributed by atoms with Gasteiger partial charge in [0.25, 0.3) is 0 Å². The highest BCUT2D eigenvalue weighted by molar-refractivity contribution is 7.14. The van der Waals surface area contributed by atoms with Crippen molar-refractivity contribution in [3.8, 4) is 11.3 Å². The van der Waals surface area contributed by atoms with E-state index >= 15 is 0 Å². The Balaban J connectivity index is 1.55. The van der Waals surface area contributed by atoms with E-state index in [-0.39, 0.29) is 5.91 Å². The lowest BCUT2D eigenvalue weighted by molar-refractivity contribution is -0.116. The van der Waals surface area contributed by atoms with Crippen LogP contribution in [0.15, 0.2) is 29.6 Å². The number of nitrogens with one attached hydrogen (secondary N) is 1. The first-order valence-electron chi connectivity index (χ1n) is 8.97. The lowest BCUT2D eigenvalue weighted by Gasteiger charge is -2.07. The predicted molar refractivity (Wildman–Crippen MR) is 101 cm³/mol. The van der Waals surface area contributed by atoms with Crippen LogP contribution in [0.5, 0.6) is 0 Å². The van der Waals surface area contributed by atoms with Gasteiger partial charge in [0.15, 0.2) is 5.13 Å². The van der Waals surface area contributed by atoms with Gasteiger partial charge in [0, 0.05) is 17.4 Å². The molecule has 0 bridgehead atoms. The smallest absolute Gasteiger partial charge is 0.226 e. The molecule has 0 aliphatic heterocycles. The third kappa shape index (κ3) is 4.44. The fourth-order valence-corrected chi connectivity index (χ4v) is 4.05. The zero-order valence-corrected chi connectivity index (χ0v) is 15.4. The zero-order valence-electron chi connectivity index (χ0n) is 14.5. The van der Waals surface area contributed by atoms with Crippen molar-refractivity contribution >= 4 is 22.4 Å². The van der Waals surface area contributed by atoms with Crippen LogP contribution in [0.25, 0.3) is 11.3 Å². The maximum absolute atomic E-state index is 12.1. The van der Waals surface area contributed by atoms with Crippen LogP contribution in [-0.2, 0) is 4.79 Å². The van der Waals surface area contributed by atoms with E-state index in [4.69, 9.17) is 0 Å². The van der Waals surface area contributed by atoms with Crippen LogP contribution in [-0.4, -0.2) is 10.9 Å². The van der Waals surface area contributed by atoms with Gasteiger partial charge in [-0.15, -0.1) is 11.3 Å². The van der Waals surface area contributed by atoms with Gasteiger partial charge in [0.05, 0.1) is 5.69 Å². The summed E-state index contributed by atoms with van der Waals surface area (Å²) in [5.41, 5.74) is 3.36. The molecule has 1 amide bonds. The number of carbonyl (C=O) groups excluding carboxylic acids is 1. The minimum atomic E-state index is 0.0953. The molecule has 1 aromatic heterocycles. The third-order valence-electron chi connectivity index (χ3n) is 4.88. The van der Waals surface area contributed by atoms with Gasteiger partial charge in [0.2, 0.25) is 5.91 Å². The van der Waals surface area contributed by atoms with Gasteiger partial charge in [0.1, 0.15) is 0 Å². The fraction of sp³-hybridized carbons (Fsp3) is 0.500. The van der Waals surface area contributed by atoms with Crippen LogP contribution >= 0.6 is 11.3 Å². The molecular weight excluding hydrogens is 316 g/mol. The van der Waals surface area contributed by atoms with Crippen molar-refractivity contribution < 1.29 is 4.79 Å². The van der Waals surface area contributed by atoms with E-state index in [0.717, 1.165) is 23.6 Å². The molecule has 0 unspecified atom stereocenters. The number of thiazole rings is 1. The summed E-state index contributed by atoms with van der Waals surface area (Å²) in [4.78, 5) is 16.7. The predicted octanol–water partition coefficient (Wildman–Crippen LogP) is 5.84. The zero-order chi connectivity index (χ0) is 16.9. The molecule has 24 heavy (non-hydrogen) atoms. The molecule has 128 valence electrons. The van der Waals surface area contributed by atoms with Crippen LogP contribution < -0.4 is 5.32 Å². The molecular formula is C20H26N2OS. The minimum Gasteiger partial charge on any atom is -0.302 e. The van der Waals surface area contributed by atoms with Crippen LogP contribution in [0.1, 0.15) is 63.9 Å². The Kier molecular flexibility index (Phi) is 5.67. The maximum atomic E-state index is 12.1. The number of aromatic nitrogens is 1. The first-order chi connectivity index (χ1) is 11.6. The second kappa shape index (κ2) is 7.93. The van der Waals surface area contributed by atoms with Gasteiger partial charge in [-0.05, 0) is 23.8 Å². The minimum absolute atomic E-state index is 0.0953. The van der Waals surface area contributed by atoms with E-state index in [1.165, 1.54) is 42.6 Å². The Bertz CT molecular complexity index is 669. The summed E-state index contributed by atoms with van der Waals surface area (Å²) in [5, 5.41) is 5.67. The quantitative estimate of drug-likeness (QED) is 0.716. The Hall–Kier alpha value is -1.68. The molecule has 4 heteroatoms. The monoisotopic (exact) mass is 342 g/mol. The Labute approximate surface area is 148 Å². The van der Waals surface area contributed by atoms with Gasteiger partial charge in [-0.3, -0.25) is 4.79 Å². The van der Waals surface area contributed by atoms with E-state index in [1.54, 1.807) is 0 Å². The molecule has 1 aliphatic carbocycles. The van der Waals surface area contributed by atoms with E-state index in [1.807, 2.05) is 5.38 Å². The van der Waals surface area contributed by atoms with Crippen molar-refractivity contribution in [2.75, 3.05) is 5.32 Å². The number of hydrogen-bond acceptors (Lipinski definition) is 3. The number of hydrogen-bond donors (Lipinski definition) is 1. The van der Waals surface area contributed by atoms with Crippen molar-refractivity contribution in [2.24, 2.45) is 5.92 Å². The molecule has 1 heterocycles. The molecule has 0 atom stereocenters. The van der Waals surface area contributed by atoms with Crippen molar-refractivity contribution in [3.63, 3.8) is 0 Å². The van der Waals surface area contributed by atoms with E-state index in [2.05, 4.69) is 48.4 Å². The summed E-state index contributed by atoms with van der Waals surface area (Å²) in [5.74, 6) is 1.38. The molecule has 1 saturated carbocycles. The largest absolute Gasteiger partial charge is 0.302 e. The lowest BCUT2D eigenvalue weighted by Crippen LogP contribution is -2.12. The highest BCUT2D eigenvalue weighted by Crippen LogP contribution is 2.29. The number of amides is 1. The summed E-state index contributed by atoms with van der Waals surface area (Å²) in [6.07, 6.45) is 6.88. The first-order valence-corrected chi connectivity index (χ1v) is 9.85. The maximum Gasteiger partial charge on any atom is 0.226 e. The van der Waals surface area contributed by atoms with Crippen LogP contribution in [0.2, 0.25) is 0 Å². The highest BCUT2D eigenvalue weighted by Gasteiger charge is 2.16. The van der Waals surface area contributed by atoms with Gasteiger partial charge in [-0.25, -0.2) is 4.98 Å². The molecule has 0 radical (unpaired) electrons. The average molecular weight is 343 g/mol. The first kappa shape index (κ1) is 17.2. The van der Waals surface area contributed by atoms with Gasteiger partial charge < -0.3 is 5.32 Å². The Morgan fingerprint density at radius 3 is 2.62 bits per heavy atom. The average Bonchev–Trinajstić information content (AvgIpc) is 3.25. The van der Waals surface area contributed by atoms with Crippen LogP contribution in [0.3, 0.4) is 0 Å². The molecule has 1 aliphatic rings. The highest BCUT2D eigenvalue weighted by atomic mass is 32.1. The number of carbonyl (C=O) groups is 1. The lowest BCUT2D eigenvalue weighted by atomic mass is 10.0. The van der Waals surface area contributed by atoms with E-state index in [0.29, 0.717) is 17.5 Å². The van der Waals surface area contributed by atoms with Crippen molar-refractivity contribution in [3.05, 3.63) is 35.2 Å².